The van der Waals surface area contributed by atoms with Crippen molar-refractivity contribution in [3.63, 3.8) is 0 Å². The van der Waals surface area contributed by atoms with Crippen molar-refractivity contribution in [1.82, 2.24) is 14.9 Å². The Labute approximate surface area is 208 Å². The van der Waals surface area contributed by atoms with Gasteiger partial charge in [0.15, 0.2) is 0 Å². The summed E-state index contributed by atoms with van der Waals surface area (Å²) in [5.41, 5.74) is 1.71. The second-order valence-electron chi connectivity index (χ2n) is 8.00. The van der Waals surface area contributed by atoms with Gasteiger partial charge in [-0.3, -0.25) is 9.69 Å². The lowest BCUT2D eigenvalue weighted by atomic mass is 10.2. The van der Waals surface area contributed by atoms with Crippen LogP contribution in [0.15, 0.2) is 54.7 Å². The van der Waals surface area contributed by atoms with Crippen LogP contribution in [0.4, 0.5) is 32.3 Å². The van der Waals surface area contributed by atoms with Gasteiger partial charge < -0.3 is 25.8 Å². The Bertz CT molecular complexity index is 1210. The molecule has 190 valence electrons. The Balaban J connectivity index is 1.69. The lowest BCUT2D eigenvalue weighted by Crippen LogP contribution is -2.42. The number of nitrogens with one attached hydrogen (secondary N) is 3. The van der Waals surface area contributed by atoms with Crippen molar-refractivity contribution in [3.8, 4) is 5.75 Å². The fourth-order valence-corrected chi connectivity index (χ4v) is 3.08. The SMILES string of the molecule is CCCNc1nc(Nc2cccc(F)c2)ncc1COc1cccc(NC(=O)C(C)N(C)C(=O)O)c1. The zero-order valence-corrected chi connectivity index (χ0v) is 20.3. The molecule has 0 aliphatic carbocycles. The minimum atomic E-state index is -1.19. The average Bonchev–Trinajstić information content (AvgIpc) is 2.86. The largest absolute Gasteiger partial charge is 0.489 e. The van der Waals surface area contributed by atoms with Crippen molar-refractivity contribution in [2.75, 3.05) is 29.5 Å². The summed E-state index contributed by atoms with van der Waals surface area (Å²) >= 11 is 0. The number of carbonyl (C=O) groups is 2. The highest BCUT2D eigenvalue weighted by molar-refractivity contribution is 5.96. The summed E-state index contributed by atoms with van der Waals surface area (Å²) in [6.07, 6.45) is 1.32. The van der Waals surface area contributed by atoms with E-state index in [0.29, 0.717) is 41.0 Å². The van der Waals surface area contributed by atoms with E-state index in [9.17, 15) is 14.0 Å². The lowest BCUT2D eigenvalue weighted by Gasteiger charge is -2.21. The number of carboxylic acid groups (broad SMARTS) is 1. The molecular formula is C25H29FN6O4. The van der Waals surface area contributed by atoms with Crippen LogP contribution in [0.25, 0.3) is 0 Å². The number of nitrogens with zero attached hydrogens (tertiary/aromatic N) is 3. The first-order chi connectivity index (χ1) is 17.3. The van der Waals surface area contributed by atoms with Crippen LogP contribution >= 0.6 is 0 Å². The molecule has 0 bridgehead atoms. The minimum Gasteiger partial charge on any atom is -0.489 e. The number of benzene rings is 2. The number of hydrogen-bond acceptors (Lipinski definition) is 7. The maximum Gasteiger partial charge on any atom is 0.407 e. The Morgan fingerprint density at radius 1 is 1.17 bits per heavy atom. The van der Waals surface area contributed by atoms with E-state index in [-0.39, 0.29) is 12.4 Å². The molecule has 1 atom stereocenters. The average molecular weight is 497 g/mol. The maximum absolute atomic E-state index is 13.5. The maximum atomic E-state index is 13.5. The molecule has 0 saturated carbocycles. The lowest BCUT2D eigenvalue weighted by molar-refractivity contribution is -0.119. The van der Waals surface area contributed by atoms with Gasteiger partial charge in [0.25, 0.3) is 0 Å². The van der Waals surface area contributed by atoms with Gasteiger partial charge in [-0.05, 0) is 43.7 Å². The Hall–Kier alpha value is -4.41. The number of anilines is 4. The van der Waals surface area contributed by atoms with Crippen molar-refractivity contribution >= 4 is 35.1 Å². The van der Waals surface area contributed by atoms with Crippen LogP contribution in [0, 0.1) is 5.82 Å². The molecule has 4 N–H and O–H groups in total. The van der Waals surface area contributed by atoms with E-state index in [1.165, 1.54) is 26.1 Å². The number of rotatable bonds is 11. The Morgan fingerprint density at radius 3 is 2.64 bits per heavy atom. The van der Waals surface area contributed by atoms with Gasteiger partial charge in [-0.25, -0.2) is 14.2 Å². The first-order valence-electron chi connectivity index (χ1n) is 11.4. The normalized spacial score (nSPS) is 11.3. The molecule has 0 radical (unpaired) electrons. The summed E-state index contributed by atoms with van der Waals surface area (Å²) in [7, 11) is 1.33. The molecule has 1 heterocycles. The van der Waals surface area contributed by atoms with Crippen LogP contribution in [0.3, 0.4) is 0 Å². The molecule has 0 spiro atoms. The fraction of sp³-hybridized carbons (Fsp3) is 0.280. The predicted octanol–water partition coefficient (Wildman–Crippen LogP) is 4.70. The van der Waals surface area contributed by atoms with Crippen molar-refractivity contribution in [2.45, 2.75) is 32.9 Å². The third-order valence-electron chi connectivity index (χ3n) is 5.25. The summed E-state index contributed by atoms with van der Waals surface area (Å²) < 4.78 is 19.4. The zero-order valence-electron chi connectivity index (χ0n) is 20.3. The summed E-state index contributed by atoms with van der Waals surface area (Å²) in [6.45, 7) is 4.38. The molecule has 2 aromatic carbocycles. The predicted molar refractivity (Wildman–Crippen MR) is 135 cm³/mol. The third kappa shape index (κ3) is 7.29. The molecule has 36 heavy (non-hydrogen) atoms. The summed E-state index contributed by atoms with van der Waals surface area (Å²) in [4.78, 5) is 33.2. The molecule has 3 rings (SSSR count). The molecule has 11 heteroatoms. The van der Waals surface area contributed by atoms with E-state index < -0.39 is 18.0 Å². The number of halogens is 1. The molecule has 1 aromatic heterocycles. The van der Waals surface area contributed by atoms with E-state index in [0.717, 1.165) is 11.3 Å². The second kappa shape index (κ2) is 12.3. The highest BCUT2D eigenvalue weighted by Gasteiger charge is 2.22. The first kappa shape index (κ1) is 26.2. The standard InChI is InChI=1S/C25H29FN6O4/c1-4-11-27-22-17(14-28-24(31-22)30-19-8-5-7-18(26)12-19)15-36-21-10-6-9-20(13-21)29-23(33)16(2)32(3)25(34)35/h5-10,12-14,16H,4,11,15H2,1-3H3,(H,29,33)(H,34,35)(H2,27,28,30,31). The zero-order chi connectivity index (χ0) is 26.1. The minimum absolute atomic E-state index is 0.155. The molecule has 0 fully saturated rings. The van der Waals surface area contributed by atoms with Gasteiger partial charge in [-0.2, -0.15) is 4.98 Å². The Morgan fingerprint density at radius 2 is 1.92 bits per heavy atom. The van der Waals surface area contributed by atoms with Gasteiger partial charge in [0.1, 0.15) is 30.0 Å². The number of amides is 2. The van der Waals surface area contributed by atoms with Gasteiger partial charge in [0.2, 0.25) is 11.9 Å². The molecule has 10 nitrogen and oxygen atoms in total. The Kier molecular flexibility index (Phi) is 8.98. The summed E-state index contributed by atoms with van der Waals surface area (Å²) in [5, 5.41) is 18.0. The summed E-state index contributed by atoms with van der Waals surface area (Å²) in [5.74, 6) is 0.568. The van der Waals surface area contributed by atoms with E-state index in [1.807, 2.05) is 6.92 Å². The fourth-order valence-electron chi connectivity index (χ4n) is 3.08. The van der Waals surface area contributed by atoms with E-state index >= 15 is 0 Å². The molecule has 2 amide bonds. The molecular weight excluding hydrogens is 467 g/mol. The number of ether oxygens (including phenoxy) is 1. The van der Waals surface area contributed by atoms with Crippen LogP contribution in [-0.2, 0) is 11.4 Å². The van der Waals surface area contributed by atoms with E-state index in [2.05, 4.69) is 25.9 Å². The van der Waals surface area contributed by atoms with Crippen LogP contribution in [0.1, 0.15) is 25.8 Å². The number of hydrogen-bond donors (Lipinski definition) is 4. The second-order valence-corrected chi connectivity index (χ2v) is 8.00. The molecule has 0 aliphatic rings. The molecule has 1 unspecified atom stereocenters. The van der Waals surface area contributed by atoms with Gasteiger partial charge in [-0.15, -0.1) is 0 Å². The van der Waals surface area contributed by atoms with Crippen LogP contribution in [-0.4, -0.2) is 51.6 Å². The third-order valence-corrected chi connectivity index (χ3v) is 5.25. The topological polar surface area (TPSA) is 129 Å². The van der Waals surface area contributed by atoms with Crippen LogP contribution in [0.5, 0.6) is 5.75 Å². The molecule has 0 saturated heterocycles. The first-order valence-corrected chi connectivity index (χ1v) is 11.4. The smallest absolute Gasteiger partial charge is 0.407 e. The van der Waals surface area contributed by atoms with E-state index in [4.69, 9.17) is 9.84 Å². The van der Waals surface area contributed by atoms with Gasteiger partial charge in [0, 0.05) is 37.2 Å². The van der Waals surface area contributed by atoms with Crippen LogP contribution in [0.2, 0.25) is 0 Å². The summed E-state index contributed by atoms with van der Waals surface area (Å²) in [6, 6.07) is 11.9. The van der Waals surface area contributed by atoms with Gasteiger partial charge >= 0.3 is 6.09 Å². The van der Waals surface area contributed by atoms with Gasteiger partial charge in [0.05, 0.1) is 5.56 Å². The monoisotopic (exact) mass is 496 g/mol. The van der Waals surface area contributed by atoms with Crippen molar-refractivity contribution < 1.29 is 23.8 Å². The van der Waals surface area contributed by atoms with Crippen molar-refractivity contribution in [3.05, 3.63) is 66.1 Å². The van der Waals surface area contributed by atoms with E-state index in [1.54, 1.807) is 42.6 Å². The quantitative estimate of drug-likeness (QED) is 0.301. The highest BCUT2D eigenvalue weighted by atomic mass is 19.1. The number of aromatic nitrogens is 2. The molecule has 0 aliphatic heterocycles. The molecule has 3 aromatic rings. The van der Waals surface area contributed by atoms with Crippen molar-refractivity contribution in [1.29, 1.82) is 0 Å². The highest BCUT2D eigenvalue weighted by Crippen LogP contribution is 2.22. The van der Waals surface area contributed by atoms with Crippen molar-refractivity contribution in [2.24, 2.45) is 0 Å². The van der Waals surface area contributed by atoms with Crippen LogP contribution < -0.4 is 20.7 Å². The number of likely N-dealkylation sites (N-methyl/N-ethyl adjacent to an activating group) is 1. The van der Waals surface area contributed by atoms with Gasteiger partial charge in [-0.1, -0.05) is 19.1 Å². The number of carbonyl (C=O) groups excluding carboxylic acids is 1.